The lowest BCUT2D eigenvalue weighted by Crippen LogP contribution is -2.52. The SMILES string of the molecule is CC(=O)N1CCCCC12CCC(=O)C2. The predicted octanol–water partition coefficient (Wildman–Crippen LogP) is 1.51. The number of piperidine rings is 1. The molecular formula is C11H17NO2. The topological polar surface area (TPSA) is 37.4 Å². The fourth-order valence-corrected chi connectivity index (χ4v) is 2.95. The average molecular weight is 195 g/mol. The van der Waals surface area contributed by atoms with Crippen molar-refractivity contribution in [3.8, 4) is 0 Å². The summed E-state index contributed by atoms with van der Waals surface area (Å²) >= 11 is 0. The summed E-state index contributed by atoms with van der Waals surface area (Å²) in [5.41, 5.74) is -0.0822. The number of carbonyl (C=O) groups is 2. The third kappa shape index (κ3) is 1.45. The summed E-state index contributed by atoms with van der Waals surface area (Å²) in [6, 6.07) is 0. The van der Waals surface area contributed by atoms with Crippen molar-refractivity contribution in [2.75, 3.05) is 6.54 Å². The van der Waals surface area contributed by atoms with Crippen molar-refractivity contribution in [3.05, 3.63) is 0 Å². The molecule has 2 aliphatic rings. The van der Waals surface area contributed by atoms with Gasteiger partial charge in [0, 0.05) is 26.3 Å². The molecule has 0 bridgehead atoms. The first kappa shape index (κ1) is 9.69. The maximum atomic E-state index is 11.5. The smallest absolute Gasteiger partial charge is 0.219 e. The number of rotatable bonds is 0. The molecule has 0 radical (unpaired) electrons. The molecule has 1 atom stereocenters. The number of carbonyl (C=O) groups excluding carboxylic acids is 2. The average Bonchev–Trinajstić information content (AvgIpc) is 2.48. The summed E-state index contributed by atoms with van der Waals surface area (Å²) in [7, 11) is 0. The molecule has 0 aromatic rings. The van der Waals surface area contributed by atoms with Gasteiger partial charge in [-0.1, -0.05) is 0 Å². The van der Waals surface area contributed by atoms with Crippen molar-refractivity contribution in [3.63, 3.8) is 0 Å². The molecule has 1 saturated carbocycles. The third-order valence-corrected chi connectivity index (χ3v) is 3.62. The standard InChI is InChI=1S/C11H17NO2/c1-9(13)12-7-3-2-5-11(12)6-4-10(14)8-11/h2-8H2,1H3. The lowest BCUT2D eigenvalue weighted by atomic mass is 9.85. The summed E-state index contributed by atoms with van der Waals surface area (Å²) < 4.78 is 0. The van der Waals surface area contributed by atoms with Gasteiger partial charge in [-0.25, -0.2) is 0 Å². The van der Waals surface area contributed by atoms with Crippen LogP contribution < -0.4 is 0 Å². The second kappa shape index (κ2) is 3.37. The summed E-state index contributed by atoms with van der Waals surface area (Å²) in [6.45, 7) is 2.47. The van der Waals surface area contributed by atoms with Crippen LogP contribution in [0, 0.1) is 0 Å². The van der Waals surface area contributed by atoms with E-state index in [1.54, 1.807) is 6.92 Å². The van der Waals surface area contributed by atoms with Gasteiger partial charge in [-0.05, 0) is 25.7 Å². The Morgan fingerprint density at radius 2 is 2.14 bits per heavy atom. The molecule has 2 fully saturated rings. The molecule has 0 N–H and O–H groups in total. The van der Waals surface area contributed by atoms with Crippen molar-refractivity contribution in [2.24, 2.45) is 0 Å². The van der Waals surface area contributed by atoms with Gasteiger partial charge in [-0.2, -0.15) is 0 Å². The third-order valence-electron chi connectivity index (χ3n) is 3.62. The minimum absolute atomic E-state index is 0.0822. The van der Waals surface area contributed by atoms with E-state index in [9.17, 15) is 9.59 Å². The van der Waals surface area contributed by atoms with E-state index in [0.29, 0.717) is 18.6 Å². The van der Waals surface area contributed by atoms with Crippen molar-refractivity contribution in [1.29, 1.82) is 0 Å². The first-order valence-electron chi connectivity index (χ1n) is 5.44. The lowest BCUT2D eigenvalue weighted by molar-refractivity contribution is -0.137. The van der Waals surface area contributed by atoms with E-state index in [4.69, 9.17) is 0 Å². The van der Waals surface area contributed by atoms with E-state index < -0.39 is 0 Å². The fourth-order valence-electron chi connectivity index (χ4n) is 2.95. The van der Waals surface area contributed by atoms with Gasteiger partial charge >= 0.3 is 0 Å². The Labute approximate surface area is 84.5 Å². The summed E-state index contributed by atoms with van der Waals surface area (Å²) in [6.07, 6.45) is 5.45. The highest BCUT2D eigenvalue weighted by Gasteiger charge is 2.45. The number of hydrogen-bond donors (Lipinski definition) is 0. The molecule has 1 unspecified atom stereocenters. The highest BCUT2D eigenvalue weighted by molar-refractivity contribution is 5.84. The van der Waals surface area contributed by atoms with Crippen LogP contribution in [0.15, 0.2) is 0 Å². The van der Waals surface area contributed by atoms with Gasteiger partial charge in [0.2, 0.25) is 5.91 Å². The van der Waals surface area contributed by atoms with Gasteiger partial charge in [-0.15, -0.1) is 0 Å². The molecule has 2 rings (SSSR count). The highest BCUT2D eigenvalue weighted by atomic mass is 16.2. The Hall–Kier alpha value is -0.860. The van der Waals surface area contributed by atoms with Crippen LogP contribution in [0.2, 0.25) is 0 Å². The van der Waals surface area contributed by atoms with Gasteiger partial charge in [-0.3, -0.25) is 9.59 Å². The summed E-state index contributed by atoms with van der Waals surface area (Å²) in [5.74, 6) is 0.470. The van der Waals surface area contributed by atoms with Crippen LogP contribution in [0.25, 0.3) is 0 Å². The zero-order valence-corrected chi connectivity index (χ0v) is 8.71. The molecule has 1 aliphatic carbocycles. The fraction of sp³-hybridized carbons (Fsp3) is 0.818. The second-order valence-electron chi connectivity index (χ2n) is 4.57. The number of nitrogens with zero attached hydrogens (tertiary/aromatic N) is 1. The first-order chi connectivity index (χ1) is 6.64. The molecule has 1 spiro atoms. The van der Waals surface area contributed by atoms with Gasteiger partial charge in [0.1, 0.15) is 5.78 Å². The Bertz CT molecular complexity index is 274. The molecule has 1 aliphatic heterocycles. The van der Waals surface area contributed by atoms with Gasteiger partial charge in [0.05, 0.1) is 5.54 Å². The van der Waals surface area contributed by atoms with Gasteiger partial charge < -0.3 is 4.90 Å². The van der Waals surface area contributed by atoms with Crippen LogP contribution in [0.1, 0.15) is 45.4 Å². The maximum Gasteiger partial charge on any atom is 0.219 e. The van der Waals surface area contributed by atoms with Gasteiger partial charge in [0.25, 0.3) is 0 Å². The Balaban J connectivity index is 2.21. The molecule has 78 valence electrons. The van der Waals surface area contributed by atoms with Crippen molar-refractivity contribution >= 4 is 11.7 Å². The molecule has 3 nitrogen and oxygen atoms in total. The first-order valence-corrected chi connectivity index (χ1v) is 5.44. The van der Waals surface area contributed by atoms with Crippen molar-refractivity contribution in [1.82, 2.24) is 4.90 Å². The van der Waals surface area contributed by atoms with E-state index in [0.717, 1.165) is 32.2 Å². The molecule has 1 amide bonds. The Morgan fingerprint density at radius 3 is 2.71 bits per heavy atom. The minimum Gasteiger partial charge on any atom is -0.337 e. The number of hydrogen-bond acceptors (Lipinski definition) is 2. The van der Waals surface area contributed by atoms with E-state index in [-0.39, 0.29) is 11.4 Å². The number of amides is 1. The summed E-state index contributed by atoms with van der Waals surface area (Å²) in [4.78, 5) is 24.8. The zero-order chi connectivity index (χ0) is 10.2. The monoisotopic (exact) mass is 195 g/mol. The minimum atomic E-state index is -0.0822. The number of likely N-dealkylation sites (tertiary alicyclic amines) is 1. The van der Waals surface area contributed by atoms with Crippen LogP contribution in [-0.4, -0.2) is 28.7 Å². The van der Waals surface area contributed by atoms with Crippen molar-refractivity contribution < 1.29 is 9.59 Å². The summed E-state index contributed by atoms with van der Waals surface area (Å²) in [5, 5.41) is 0. The van der Waals surface area contributed by atoms with Crippen LogP contribution in [-0.2, 0) is 9.59 Å². The molecule has 14 heavy (non-hydrogen) atoms. The molecule has 0 aromatic carbocycles. The highest BCUT2D eigenvalue weighted by Crippen LogP contribution is 2.40. The molecule has 3 heteroatoms. The number of ketones is 1. The quantitative estimate of drug-likeness (QED) is 0.587. The predicted molar refractivity (Wildman–Crippen MR) is 52.8 cm³/mol. The Kier molecular flexibility index (Phi) is 2.33. The van der Waals surface area contributed by atoms with Crippen LogP contribution in [0.4, 0.5) is 0 Å². The molecule has 1 saturated heterocycles. The van der Waals surface area contributed by atoms with E-state index in [1.165, 1.54) is 0 Å². The molecule has 0 aromatic heterocycles. The molecular weight excluding hydrogens is 178 g/mol. The van der Waals surface area contributed by atoms with Crippen LogP contribution >= 0.6 is 0 Å². The van der Waals surface area contributed by atoms with E-state index in [1.807, 2.05) is 4.90 Å². The maximum absolute atomic E-state index is 11.5. The van der Waals surface area contributed by atoms with E-state index in [2.05, 4.69) is 0 Å². The Morgan fingerprint density at radius 1 is 1.36 bits per heavy atom. The van der Waals surface area contributed by atoms with Crippen molar-refractivity contribution in [2.45, 2.75) is 51.0 Å². The zero-order valence-electron chi connectivity index (χ0n) is 8.71. The normalized spacial score (nSPS) is 32.6. The molecule has 1 heterocycles. The largest absolute Gasteiger partial charge is 0.337 e. The van der Waals surface area contributed by atoms with Crippen LogP contribution in [0.5, 0.6) is 0 Å². The lowest BCUT2D eigenvalue weighted by Gasteiger charge is -2.44. The number of Topliss-reactive ketones (excluding diaryl/α,β-unsaturated/α-hetero) is 1. The van der Waals surface area contributed by atoms with Crippen LogP contribution in [0.3, 0.4) is 0 Å². The van der Waals surface area contributed by atoms with E-state index >= 15 is 0 Å². The second-order valence-corrected chi connectivity index (χ2v) is 4.57. The van der Waals surface area contributed by atoms with Gasteiger partial charge in [0.15, 0.2) is 0 Å².